The van der Waals surface area contributed by atoms with Crippen molar-refractivity contribution in [1.82, 2.24) is 14.8 Å². The fourth-order valence-corrected chi connectivity index (χ4v) is 4.85. The minimum Gasteiger partial charge on any atom is -0.493 e. The summed E-state index contributed by atoms with van der Waals surface area (Å²) < 4.78 is 18.8. The van der Waals surface area contributed by atoms with Crippen molar-refractivity contribution in [2.24, 2.45) is 0 Å². The summed E-state index contributed by atoms with van der Waals surface area (Å²) in [6.45, 7) is 6.39. The Hall–Kier alpha value is -2.20. The van der Waals surface area contributed by atoms with Gasteiger partial charge in [-0.05, 0) is 53.9 Å². The molecule has 2 aromatic rings. The Bertz CT molecular complexity index is 992. The van der Waals surface area contributed by atoms with Crippen LogP contribution in [-0.2, 0) is 9.53 Å². The van der Waals surface area contributed by atoms with E-state index in [1.165, 1.54) is 7.11 Å². The smallest absolute Gasteiger partial charge is 0.338 e. The van der Waals surface area contributed by atoms with Gasteiger partial charge in [0.25, 0.3) is 0 Å². The number of carbonyl (C=O) groups is 1. The Labute approximate surface area is 194 Å². The lowest BCUT2D eigenvalue weighted by Gasteiger charge is -2.28. The van der Waals surface area contributed by atoms with Gasteiger partial charge in [-0.3, -0.25) is 0 Å². The molecule has 0 saturated carbocycles. The Kier molecular flexibility index (Phi) is 7.88. The van der Waals surface area contributed by atoms with Crippen LogP contribution in [0.5, 0.6) is 11.5 Å². The summed E-state index contributed by atoms with van der Waals surface area (Å²) in [4.78, 5) is 17.4. The van der Waals surface area contributed by atoms with Crippen molar-refractivity contribution < 1.29 is 19.0 Å². The van der Waals surface area contributed by atoms with E-state index in [1.54, 1.807) is 23.6 Å². The molecule has 31 heavy (non-hydrogen) atoms. The van der Waals surface area contributed by atoms with Crippen LogP contribution < -0.4 is 14.8 Å². The lowest BCUT2D eigenvalue weighted by atomic mass is 9.95. The molecule has 2 heterocycles. The molecule has 0 spiro atoms. The second-order valence-electron chi connectivity index (χ2n) is 6.89. The van der Waals surface area contributed by atoms with Gasteiger partial charge in [0.15, 0.2) is 11.5 Å². The maximum absolute atomic E-state index is 12.7. The van der Waals surface area contributed by atoms with Crippen LogP contribution >= 0.6 is 27.7 Å². The third-order valence-electron chi connectivity index (χ3n) is 4.82. The van der Waals surface area contributed by atoms with Crippen molar-refractivity contribution in [3.8, 4) is 11.5 Å². The van der Waals surface area contributed by atoms with Crippen LogP contribution in [0.15, 0.2) is 33.0 Å². The average Bonchev–Trinajstić information content (AvgIpc) is 3.15. The summed E-state index contributed by atoms with van der Waals surface area (Å²) in [6, 6.07) is 3.24. The molecule has 0 amide bonds. The van der Waals surface area contributed by atoms with E-state index in [0.29, 0.717) is 40.5 Å². The number of unbranched alkanes of at least 4 members (excludes halogenated alkanes) is 1. The fraction of sp³-hybridized carbons (Fsp3) is 0.476. The lowest BCUT2D eigenvalue weighted by Crippen LogP contribution is -2.29. The third-order valence-corrected chi connectivity index (χ3v) is 6.34. The maximum atomic E-state index is 12.7. The molecule has 0 fully saturated rings. The van der Waals surface area contributed by atoms with Gasteiger partial charge in [0.05, 0.1) is 30.9 Å². The third kappa shape index (κ3) is 4.85. The number of carbonyl (C=O) groups excluding carboxylic acids is 1. The number of halogens is 1. The van der Waals surface area contributed by atoms with Gasteiger partial charge in [0, 0.05) is 11.4 Å². The Morgan fingerprint density at radius 3 is 2.74 bits per heavy atom. The number of allylic oxidation sites excluding steroid dienone is 1. The van der Waals surface area contributed by atoms with Gasteiger partial charge in [-0.2, -0.15) is 4.98 Å². The summed E-state index contributed by atoms with van der Waals surface area (Å²) in [6.07, 6.45) is 2.19. The predicted molar refractivity (Wildman–Crippen MR) is 124 cm³/mol. The van der Waals surface area contributed by atoms with Gasteiger partial charge in [0.2, 0.25) is 11.1 Å². The molecule has 1 aliphatic rings. The average molecular weight is 511 g/mol. The van der Waals surface area contributed by atoms with E-state index in [4.69, 9.17) is 19.3 Å². The normalized spacial score (nSPS) is 15.4. The molecule has 10 heteroatoms. The quantitative estimate of drug-likeness (QED) is 0.292. The monoisotopic (exact) mass is 510 g/mol. The molecular weight excluding hydrogens is 484 g/mol. The first-order valence-corrected chi connectivity index (χ1v) is 11.9. The molecule has 1 N–H and O–H groups in total. The number of thioether (sulfide) groups is 1. The SMILES string of the molecule is CCCCSc1nc2n(n1)C(c1cc(Br)c(OCC)c(OC)c1)C(C(=O)OC)=C(C)N2. The zero-order valence-corrected chi connectivity index (χ0v) is 20.7. The molecule has 1 atom stereocenters. The fourth-order valence-electron chi connectivity index (χ4n) is 3.36. The van der Waals surface area contributed by atoms with Gasteiger partial charge >= 0.3 is 5.97 Å². The van der Waals surface area contributed by atoms with Crippen LogP contribution in [0.3, 0.4) is 0 Å². The van der Waals surface area contributed by atoms with Crippen LogP contribution in [-0.4, -0.2) is 47.3 Å². The predicted octanol–water partition coefficient (Wildman–Crippen LogP) is 4.80. The van der Waals surface area contributed by atoms with Crippen LogP contribution in [0.4, 0.5) is 5.95 Å². The first-order valence-electron chi connectivity index (χ1n) is 10.1. The van der Waals surface area contributed by atoms with Crippen LogP contribution in [0.25, 0.3) is 0 Å². The van der Waals surface area contributed by atoms with E-state index in [1.807, 2.05) is 26.0 Å². The summed E-state index contributed by atoms with van der Waals surface area (Å²) in [5.41, 5.74) is 1.93. The van der Waals surface area contributed by atoms with Gasteiger partial charge in [-0.15, -0.1) is 5.10 Å². The van der Waals surface area contributed by atoms with E-state index in [2.05, 4.69) is 33.2 Å². The number of anilines is 1. The van der Waals surface area contributed by atoms with E-state index >= 15 is 0 Å². The zero-order valence-electron chi connectivity index (χ0n) is 18.3. The summed E-state index contributed by atoms with van der Waals surface area (Å²) in [5.74, 6) is 2.26. The highest BCUT2D eigenvalue weighted by molar-refractivity contribution is 9.10. The first kappa shape index (κ1) is 23.5. The van der Waals surface area contributed by atoms with Crippen LogP contribution in [0, 0.1) is 0 Å². The highest BCUT2D eigenvalue weighted by Crippen LogP contribution is 2.43. The highest BCUT2D eigenvalue weighted by Gasteiger charge is 2.36. The van der Waals surface area contributed by atoms with Gasteiger partial charge in [-0.25, -0.2) is 9.48 Å². The molecule has 168 valence electrons. The molecular formula is C21H27BrN4O4S. The van der Waals surface area contributed by atoms with Crippen molar-refractivity contribution in [2.45, 2.75) is 44.8 Å². The zero-order chi connectivity index (χ0) is 22.5. The number of nitrogens with one attached hydrogen (secondary N) is 1. The van der Waals surface area contributed by atoms with Crippen molar-refractivity contribution in [1.29, 1.82) is 0 Å². The Morgan fingerprint density at radius 2 is 2.10 bits per heavy atom. The van der Waals surface area contributed by atoms with Gasteiger partial charge < -0.3 is 19.5 Å². The van der Waals surface area contributed by atoms with Gasteiger partial charge in [-0.1, -0.05) is 25.1 Å². The number of aromatic nitrogens is 3. The standard InChI is InChI=1S/C21H27BrN4O4S/c1-6-8-9-31-21-24-20-23-12(3)16(19(27)29-5)17(26(20)25-21)13-10-14(22)18(30-7-2)15(11-13)28-4/h10-11,17H,6-9H2,1-5H3,(H,23,24,25). The molecule has 1 aliphatic heterocycles. The van der Waals surface area contributed by atoms with Gasteiger partial charge in [0.1, 0.15) is 6.04 Å². The topological polar surface area (TPSA) is 87.5 Å². The molecule has 1 unspecified atom stereocenters. The summed E-state index contributed by atoms with van der Waals surface area (Å²) >= 11 is 5.18. The molecule has 8 nitrogen and oxygen atoms in total. The molecule has 0 radical (unpaired) electrons. The Balaban J connectivity index is 2.13. The minimum atomic E-state index is -0.530. The van der Waals surface area contributed by atoms with Crippen LogP contribution in [0.2, 0.25) is 0 Å². The number of hydrogen-bond donors (Lipinski definition) is 1. The Morgan fingerprint density at radius 1 is 1.32 bits per heavy atom. The van der Waals surface area contributed by atoms with E-state index in [0.717, 1.165) is 28.6 Å². The number of ether oxygens (including phenoxy) is 3. The number of nitrogens with zero attached hydrogens (tertiary/aromatic N) is 3. The molecule has 1 aromatic carbocycles. The molecule has 0 aliphatic carbocycles. The number of hydrogen-bond acceptors (Lipinski definition) is 8. The second-order valence-corrected chi connectivity index (χ2v) is 8.81. The first-order chi connectivity index (χ1) is 14.9. The van der Waals surface area contributed by atoms with E-state index in [9.17, 15) is 4.79 Å². The summed E-state index contributed by atoms with van der Waals surface area (Å²) in [5, 5.41) is 8.56. The highest BCUT2D eigenvalue weighted by atomic mass is 79.9. The maximum Gasteiger partial charge on any atom is 0.338 e. The van der Waals surface area contributed by atoms with Crippen LogP contribution in [0.1, 0.15) is 45.2 Å². The van der Waals surface area contributed by atoms with Crippen molar-refractivity contribution in [2.75, 3.05) is 31.9 Å². The van der Waals surface area contributed by atoms with Crippen molar-refractivity contribution >= 4 is 39.6 Å². The van der Waals surface area contributed by atoms with E-state index in [-0.39, 0.29) is 0 Å². The summed E-state index contributed by atoms with van der Waals surface area (Å²) in [7, 11) is 2.96. The second kappa shape index (κ2) is 10.4. The van der Waals surface area contributed by atoms with Crippen molar-refractivity contribution in [3.63, 3.8) is 0 Å². The molecule has 0 saturated heterocycles. The molecule has 3 rings (SSSR count). The number of benzene rings is 1. The number of rotatable bonds is 9. The molecule has 1 aromatic heterocycles. The largest absolute Gasteiger partial charge is 0.493 e. The minimum absolute atomic E-state index is 0.430. The lowest BCUT2D eigenvalue weighted by molar-refractivity contribution is -0.136. The van der Waals surface area contributed by atoms with E-state index < -0.39 is 12.0 Å². The number of methoxy groups -OCH3 is 2. The number of fused-ring (bicyclic) bond motifs is 1. The van der Waals surface area contributed by atoms with Crippen molar-refractivity contribution in [3.05, 3.63) is 33.4 Å². The number of esters is 1. The molecule has 0 bridgehead atoms.